The van der Waals surface area contributed by atoms with E-state index < -0.39 is 45.0 Å². The molecule has 1 aromatic heterocycles. The minimum absolute atomic E-state index is 0. The molecule has 23 heteroatoms. The van der Waals surface area contributed by atoms with E-state index >= 15 is 0 Å². The van der Waals surface area contributed by atoms with Crippen molar-refractivity contribution >= 4 is 104 Å². The number of hydrogen-bond donors (Lipinski definition) is 4. The number of nitrogens with two attached hydrogens (primary N) is 1. The third-order valence-electron chi connectivity index (χ3n) is 8.19. The van der Waals surface area contributed by atoms with E-state index in [2.05, 4.69) is 30.9 Å². The van der Waals surface area contributed by atoms with Gasteiger partial charge in [0.1, 0.15) is 30.4 Å². The summed E-state index contributed by atoms with van der Waals surface area (Å²) in [6.45, 7) is 4.33. The monoisotopic (exact) mass is 851 g/mol. The molecule has 270 valence electrons. The predicted octanol–water partition coefficient (Wildman–Crippen LogP) is -3.71. The Bertz CT molecular complexity index is 2840. The van der Waals surface area contributed by atoms with Crippen LogP contribution in [0.2, 0.25) is 5.28 Å². The van der Waals surface area contributed by atoms with Crippen LogP contribution in [0.5, 0.6) is 0 Å². The van der Waals surface area contributed by atoms with Gasteiger partial charge >= 0.3 is 88.7 Å². The second-order valence-electron chi connectivity index (χ2n) is 11.6. The third kappa shape index (κ3) is 10.1. The normalized spacial score (nSPS) is 11.6. The van der Waals surface area contributed by atoms with Crippen LogP contribution in [0.4, 0.5) is 40.3 Å². The Morgan fingerprint density at radius 1 is 0.618 bits per heavy atom. The van der Waals surface area contributed by atoms with E-state index in [0.29, 0.717) is 16.3 Å². The van der Waals surface area contributed by atoms with Crippen molar-refractivity contribution < 1.29 is 128 Å². The zero-order chi connectivity index (χ0) is 37.9. The molecule has 5 N–H and O–H groups in total. The average Bonchev–Trinajstić information content (AvgIpc) is 3.03. The van der Waals surface area contributed by atoms with E-state index in [1.165, 1.54) is 26.0 Å². The molecular weight excluding hydrogens is 827 g/mol. The first-order valence-electron chi connectivity index (χ1n) is 14.8. The zero-order valence-electron chi connectivity index (χ0n) is 30.0. The molecule has 0 fully saturated rings. The first-order chi connectivity index (χ1) is 24.2. The van der Waals surface area contributed by atoms with Crippen molar-refractivity contribution in [1.82, 2.24) is 15.0 Å². The van der Waals surface area contributed by atoms with Gasteiger partial charge in [0.2, 0.25) is 17.2 Å². The van der Waals surface area contributed by atoms with Crippen LogP contribution < -0.4 is 110 Å². The Morgan fingerprint density at radius 2 is 1.16 bits per heavy atom. The van der Waals surface area contributed by atoms with Crippen molar-refractivity contribution in [3.8, 4) is 0 Å². The summed E-state index contributed by atoms with van der Waals surface area (Å²) in [5.41, 5.74) is 6.48. The molecule has 6 aromatic rings. The molecule has 55 heavy (non-hydrogen) atoms. The minimum atomic E-state index is -5.16. The molecule has 0 unspecified atom stereocenters. The van der Waals surface area contributed by atoms with Crippen LogP contribution in [-0.2, 0) is 30.4 Å². The largest absolute Gasteiger partial charge is 1.00 e. The maximum Gasteiger partial charge on any atom is 1.00 e. The van der Waals surface area contributed by atoms with Crippen molar-refractivity contribution in [2.75, 3.05) is 21.7 Å². The number of anilines is 7. The first-order valence-corrected chi connectivity index (χ1v) is 19.4. The molecule has 0 saturated heterocycles. The second kappa shape index (κ2) is 17.8. The Balaban J connectivity index is 0.00000271. The van der Waals surface area contributed by atoms with Gasteiger partial charge in [-0.05, 0) is 96.2 Å². The quantitative estimate of drug-likeness (QED) is 0.0472. The van der Waals surface area contributed by atoms with E-state index in [1.807, 2.05) is 6.07 Å². The molecule has 0 aliphatic rings. The maximum atomic E-state index is 12.7. The summed E-state index contributed by atoms with van der Waals surface area (Å²) >= 11 is 6.16. The van der Waals surface area contributed by atoms with Crippen molar-refractivity contribution in [1.29, 1.82) is 0 Å². The fourth-order valence-corrected chi connectivity index (χ4v) is 8.20. The van der Waals surface area contributed by atoms with Gasteiger partial charge in [-0.25, -0.2) is 25.3 Å². The first kappa shape index (κ1) is 47.2. The Hall–Kier alpha value is -2.15. The van der Waals surface area contributed by atoms with Crippen molar-refractivity contribution in [2.24, 2.45) is 0 Å². The van der Waals surface area contributed by atoms with Crippen LogP contribution in [0, 0.1) is 20.8 Å². The van der Waals surface area contributed by atoms with E-state index in [1.54, 1.807) is 37.3 Å². The number of aromatic nitrogens is 3. The molecule has 0 saturated carbocycles. The molecule has 0 radical (unpaired) electrons. The average molecular weight is 852 g/mol. The molecule has 0 bridgehead atoms. The third-order valence-corrected chi connectivity index (χ3v) is 11.2. The topological polar surface area (TPSA) is 272 Å². The van der Waals surface area contributed by atoms with Crippen molar-refractivity contribution in [2.45, 2.75) is 35.5 Å². The molecule has 1 heterocycles. The minimum Gasteiger partial charge on any atom is -0.744 e. The summed E-state index contributed by atoms with van der Waals surface area (Å²) in [6.07, 6.45) is 0. The van der Waals surface area contributed by atoms with Gasteiger partial charge in [0.15, 0.2) is 0 Å². The molecule has 6 rings (SSSR count). The summed E-state index contributed by atoms with van der Waals surface area (Å²) < 4.78 is 110. The Morgan fingerprint density at radius 3 is 1.71 bits per heavy atom. The Labute approximate surface area is 387 Å². The zero-order valence-corrected chi connectivity index (χ0v) is 39.3. The van der Waals surface area contributed by atoms with Gasteiger partial charge < -0.3 is 35.3 Å². The summed E-state index contributed by atoms with van der Waals surface area (Å²) in [4.78, 5) is 10.4. The van der Waals surface area contributed by atoms with Crippen LogP contribution in [0.1, 0.15) is 16.7 Å². The number of hydrogen-bond acceptors (Lipinski definition) is 16. The molecule has 0 aliphatic carbocycles. The van der Waals surface area contributed by atoms with E-state index in [9.17, 15) is 38.9 Å². The number of nitrogens with zero attached hydrogens (tertiary/aromatic N) is 3. The van der Waals surface area contributed by atoms with Gasteiger partial charge in [0.05, 0.1) is 26.1 Å². The molecule has 16 nitrogen and oxygen atoms in total. The van der Waals surface area contributed by atoms with Crippen molar-refractivity contribution in [3.05, 3.63) is 88.7 Å². The van der Waals surface area contributed by atoms with E-state index in [4.69, 9.17) is 17.3 Å². The van der Waals surface area contributed by atoms with Crippen LogP contribution >= 0.6 is 11.6 Å². The number of rotatable bonds is 9. The molecule has 0 spiro atoms. The fourth-order valence-electron chi connectivity index (χ4n) is 5.93. The summed E-state index contributed by atoms with van der Waals surface area (Å²) in [7, 11) is -15.0. The predicted molar refractivity (Wildman–Crippen MR) is 192 cm³/mol. The van der Waals surface area contributed by atoms with Gasteiger partial charge in [-0.2, -0.15) is 15.0 Å². The standard InChI is InChI=1S/C32H28ClN7O9S3.3Na/c1-15-27(36-24-14-25(51(44,45)46)26(34)23-12-19-8-5-4-7-18(19)11-22(23)24)16(2)29(52(47,48)49)17(3)28(15)37-32-39-30(33)38-31(40-32)35-20-9-6-10-21(13-20)50(41,42)43;;;/h4-14,36H,34H2,1-3H3,(H,41,42,43)(H,44,45,46)(H,47,48,49)(H2,35,37,38,39,40);;;/q;3*+1/p-3. The number of nitrogens with one attached hydrogen (secondary N) is 3. The molecule has 5 aromatic carbocycles. The Kier molecular flexibility index (Phi) is 15.3. The summed E-state index contributed by atoms with van der Waals surface area (Å²) in [6, 6.07) is 16.5. The SMILES string of the molecule is Cc1c(Nc2nc(Cl)nc(Nc3cccc(S(=O)(=O)[O-])c3)n2)c(C)c(S(=O)(=O)[O-])c(C)c1Nc1cc(S(=O)(=O)[O-])c(N)c2cc3ccccc3cc12.[Na+].[Na+].[Na+]. The van der Waals surface area contributed by atoms with Gasteiger partial charge in [-0.15, -0.1) is 0 Å². The van der Waals surface area contributed by atoms with Crippen LogP contribution in [0.25, 0.3) is 21.5 Å². The van der Waals surface area contributed by atoms with Crippen LogP contribution in [0.3, 0.4) is 0 Å². The van der Waals surface area contributed by atoms with Crippen molar-refractivity contribution in [3.63, 3.8) is 0 Å². The van der Waals surface area contributed by atoms with Crippen LogP contribution in [0.15, 0.2) is 81.4 Å². The number of halogens is 1. The molecular formula is C32H25ClN7Na3O9S3. The van der Waals surface area contributed by atoms with Gasteiger partial charge in [0.25, 0.3) is 0 Å². The number of benzene rings is 5. The van der Waals surface area contributed by atoms with E-state index in [0.717, 1.165) is 23.6 Å². The summed E-state index contributed by atoms with van der Waals surface area (Å²) in [5, 5.41) is 10.4. The van der Waals surface area contributed by atoms with Gasteiger partial charge in [-0.1, -0.05) is 30.3 Å². The second-order valence-corrected chi connectivity index (χ2v) is 15.9. The molecule has 0 atom stereocenters. The molecule has 0 amide bonds. The fraction of sp³-hybridized carbons (Fsp3) is 0.0938. The van der Waals surface area contributed by atoms with Gasteiger partial charge in [0, 0.05) is 27.8 Å². The number of fused-ring (bicyclic) bond motifs is 2. The maximum absolute atomic E-state index is 12.7. The summed E-state index contributed by atoms with van der Waals surface area (Å²) in [5.74, 6) is -0.443. The van der Waals surface area contributed by atoms with E-state index in [-0.39, 0.29) is 151 Å². The smallest absolute Gasteiger partial charge is 0.744 e. The van der Waals surface area contributed by atoms with Crippen LogP contribution in [-0.4, -0.2) is 53.9 Å². The number of nitrogen functional groups attached to an aromatic ring is 1. The molecule has 0 aliphatic heterocycles. The van der Waals surface area contributed by atoms with Gasteiger partial charge in [-0.3, -0.25) is 0 Å².